The molecule has 0 saturated carbocycles. The van der Waals surface area contributed by atoms with Crippen molar-refractivity contribution in [1.82, 2.24) is 0 Å². The molecular formula is C23H69N5O3. The van der Waals surface area contributed by atoms with Gasteiger partial charge in [-0.25, -0.2) is 0 Å². The largest absolute Gasteiger partial charge is 0.337 e. The highest BCUT2D eigenvalue weighted by molar-refractivity contribution is 5.38. The smallest absolute Gasteiger partial charge is 0.226 e. The van der Waals surface area contributed by atoms with E-state index in [4.69, 9.17) is 11.7 Å². The lowest BCUT2D eigenvalue weighted by Crippen LogP contribution is -1.95. The van der Waals surface area contributed by atoms with Gasteiger partial charge in [-0.2, -0.15) is 0 Å². The molecule has 0 saturated heterocycles. The summed E-state index contributed by atoms with van der Waals surface area (Å²) in [5, 5.41) is 24.2. The van der Waals surface area contributed by atoms with E-state index in [2.05, 4.69) is 67.9 Å². The van der Waals surface area contributed by atoms with Crippen molar-refractivity contribution in [3.05, 3.63) is 5.21 Å². The van der Waals surface area contributed by atoms with Crippen LogP contribution >= 0.6 is 0 Å². The molecule has 0 aliphatic heterocycles. The van der Waals surface area contributed by atoms with Gasteiger partial charge in [0.1, 0.15) is 0 Å². The number of hydrogen-bond donors (Lipinski definition) is 2. The Morgan fingerprint density at radius 1 is 0.806 bits per heavy atom. The van der Waals surface area contributed by atoms with Crippen molar-refractivity contribution in [3.8, 4) is 47.9 Å². The number of terminal acetylenes is 1. The molecule has 0 aromatic heterocycles. The number of nitrogens with zero attached hydrogens (tertiary/aromatic N) is 4. The van der Waals surface area contributed by atoms with E-state index < -0.39 is 5.02 Å². The van der Waals surface area contributed by atoms with Gasteiger partial charge in [0.25, 0.3) is 0 Å². The first-order valence-electron chi connectivity index (χ1n) is 5.69. The minimum Gasteiger partial charge on any atom is -0.337 e. The minimum absolute atomic E-state index is 0. The maximum atomic E-state index is 9.64. The molecule has 0 atom stereocenters. The van der Waals surface area contributed by atoms with Crippen LogP contribution in [0.2, 0.25) is 0 Å². The van der Waals surface area contributed by atoms with Gasteiger partial charge in [0, 0.05) is 7.13 Å². The van der Waals surface area contributed by atoms with Crippen molar-refractivity contribution in [1.29, 1.82) is 0 Å². The average Bonchev–Trinajstić information content (AvgIpc) is 2.57. The van der Waals surface area contributed by atoms with Crippen LogP contribution in [0.4, 0.5) is 0 Å². The summed E-state index contributed by atoms with van der Waals surface area (Å²) in [6.07, 6.45) is 4.82. The van der Waals surface area contributed by atoms with Crippen molar-refractivity contribution in [2.24, 2.45) is 21.5 Å². The van der Waals surface area contributed by atoms with E-state index >= 15 is 0 Å². The fraction of sp³-hybridized carbons (Fsp3) is 0.652. The molecule has 31 heavy (non-hydrogen) atoms. The molecule has 8 heteroatoms. The predicted molar refractivity (Wildman–Crippen MR) is 157 cm³/mol. The van der Waals surface area contributed by atoms with E-state index in [1.165, 1.54) is 0 Å². The Morgan fingerprint density at radius 3 is 1.39 bits per heavy atom. The molecule has 0 aromatic rings. The first kappa shape index (κ1) is 105. The molecule has 0 radical (unpaired) electrons. The number of rotatable bonds is 2. The lowest BCUT2D eigenvalue weighted by atomic mass is 10.5. The van der Waals surface area contributed by atoms with Gasteiger partial charge in [-0.15, -0.1) is 6.42 Å². The van der Waals surface area contributed by atoms with Crippen molar-refractivity contribution >= 4 is 0 Å². The monoisotopic (exact) mass is 464 g/mol. The van der Waals surface area contributed by atoms with Gasteiger partial charge < -0.3 is 10.2 Å². The standard InChI is InChI=1S/C9H4.2C2H6.10CH4.H3N5O3.5H2/c1-3-5-7-9-8-6-4-2;2*1-2;;;;;;;;;;;1-2-3-4-5(6)8-7;;;;;/h1H,2H3;2*1-2H3;10*1H4;7H,(H2,1,3);5*1H. The minimum atomic E-state index is -0.573. The third-order valence-electron chi connectivity index (χ3n) is 0.682. The number of hydrogen-bond acceptors (Lipinski definition) is 4. The van der Waals surface area contributed by atoms with Crippen LogP contribution in [-0.4, -0.2) is 10.3 Å². The SMILES string of the molecule is C.C.C.C.C.C.C.C.C.C.C#CC#CC#CC#CC.CC.CC.NN=NN=[N+]([O-])OO.[HH].[HH].[HH].[HH].[HH]. The molecule has 0 heterocycles. The Bertz CT molecular complexity index is 514. The second kappa shape index (κ2) is 153. The second-order valence-corrected chi connectivity index (χ2v) is 1.63. The van der Waals surface area contributed by atoms with Crippen molar-refractivity contribution in [3.63, 3.8) is 0 Å². The fourth-order valence-corrected chi connectivity index (χ4v) is 0.264. The first-order chi connectivity index (χ1) is 10.2. The highest BCUT2D eigenvalue weighted by Gasteiger charge is 1.82. The zero-order valence-electron chi connectivity index (χ0n) is 12.7. The molecule has 0 bridgehead atoms. The van der Waals surface area contributed by atoms with E-state index in [1.807, 2.05) is 27.7 Å². The summed E-state index contributed by atoms with van der Waals surface area (Å²) in [5.74, 6) is 21.4. The molecule has 0 spiro atoms. The van der Waals surface area contributed by atoms with E-state index in [0.717, 1.165) is 0 Å². The Balaban J connectivity index is -0.00000000605. The Kier molecular flexibility index (Phi) is 517. The molecule has 8 nitrogen and oxygen atoms in total. The zero-order valence-corrected chi connectivity index (χ0v) is 12.7. The van der Waals surface area contributed by atoms with Crippen LogP contribution in [0.15, 0.2) is 15.7 Å². The summed E-state index contributed by atoms with van der Waals surface area (Å²) < 4.78 is 0. The summed E-state index contributed by atoms with van der Waals surface area (Å²) in [7, 11) is 0. The van der Waals surface area contributed by atoms with Gasteiger partial charge in [-0.3, -0.25) is 11.1 Å². The normalized spacial score (nSPS) is 4.61. The van der Waals surface area contributed by atoms with Gasteiger partial charge in [-0.1, -0.05) is 108 Å². The second-order valence-electron chi connectivity index (χ2n) is 1.63. The van der Waals surface area contributed by atoms with Crippen LogP contribution in [0.5, 0.6) is 0 Å². The highest BCUT2D eigenvalue weighted by atomic mass is 17.2. The molecule has 3 N–H and O–H groups in total. The molecular weight excluding hydrogens is 394 g/mol. The van der Waals surface area contributed by atoms with Crippen LogP contribution in [0.1, 0.15) is 116 Å². The zero-order chi connectivity index (χ0) is 17.4. The molecule has 0 unspecified atom stereocenters. The Hall–Kier alpha value is -3.20. The quantitative estimate of drug-likeness (QED) is 0.139. The van der Waals surface area contributed by atoms with E-state index in [0.29, 0.717) is 0 Å². The average molecular weight is 464 g/mol. The number of nitrogens with two attached hydrogens (primary N) is 1. The lowest BCUT2D eigenvalue weighted by Gasteiger charge is -1.90. The topological polar surface area (TPSA) is 119 Å². The molecule has 0 rings (SSSR count). The summed E-state index contributed by atoms with van der Waals surface area (Å²) >= 11 is 0. The van der Waals surface area contributed by atoms with Crippen LogP contribution in [0.3, 0.4) is 0 Å². The molecule has 204 valence electrons. The summed E-state index contributed by atoms with van der Waals surface area (Å²) in [6, 6.07) is 0. The van der Waals surface area contributed by atoms with E-state index in [1.54, 1.807) is 6.92 Å². The summed E-state index contributed by atoms with van der Waals surface area (Å²) in [4.78, 5) is 2.95. The van der Waals surface area contributed by atoms with Crippen molar-refractivity contribution in [2.45, 2.75) is 109 Å². The van der Waals surface area contributed by atoms with Gasteiger partial charge in [-0.05, 0) is 42.4 Å². The van der Waals surface area contributed by atoms with E-state index in [-0.39, 0.29) is 81.4 Å². The lowest BCUT2D eigenvalue weighted by molar-refractivity contribution is -0.873. The molecule has 0 fully saturated rings. The van der Waals surface area contributed by atoms with Crippen LogP contribution in [-0.2, 0) is 4.99 Å². The summed E-state index contributed by atoms with van der Waals surface area (Å²) in [5.41, 5.74) is 0. The van der Waals surface area contributed by atoms with Gasteiger partial charge >= 0.3 is 0 Å². The van der Waals surface area contributed by atoms with Crippen molar-refractivity contribution < 1.29 is 22.4 Å². The van der Waals surface area contributed by atoms with Gasteiger partial charge in [0.2, 0.25) is 10.4 Å². The fourth-order valence-electron chi connectivity index (χ4n) is 0.264. The van der Waals surface area contributed by atoms with Gasteiger partial charge in [0.05, 0.1) is 10.2 Å². The first-order valence-corrected chi connectivity index (χ1v) is 5.69. The molecule has 0 aromatic carbocycles. The maximum Gasteiger partial charge on any atom is 0.226 e. The predicted octanol–water partition coefficient (Wildman–Crippen LogP) is 9.89. The van der Waals surface area contributed by atoms with Crippen LogP contribution < -0.4 is 5.84 Å². The third-order valence-corrected chi connectivity index (χ3v) is 0.682. The third kappa shape index (κ3) is 213. The Labute approximate surface area is 206 Å². The van der Waals surface area contributed by atoms with E-state index in [9.17, 15) is 5.21 Å². The molecule has 0 aliphatic carbocycles. The van der Waals surface area contributed by atoms with Crippen molar-refractivity contribution in [2.75, 3.05) is 0 Å². The summed E-state index contributed by atoms with van der Waals surface area (Å²) in [6.45, 7) is 9.71. The molecule has 0 aliphatic rings. The van der Waals surface area contributed by atoms with Crippen LogP contribution in [0, 0.1) is 53.1 Å². The Morgan fingerprint density at radius 2 is 1.13 bits per heavy atom. The maximum absolute atomic E-state index is 9.64. The van der Waals surface area contributed by atoms with Gasteiger partial charge in [0.15, 0.2) is 0 Å². The van der Waals surface area contributed by atoms with Crippen LogP contribution in [0.25, 0.3) is 0 Å². The highest BCUT2D eigenvalue weighted by Crippen LogP contribution is 1.75. The molecule has 0 amide bonds.